The van der Waals surface area contributed by atoms with E-state index in [2.05, 4.69) is 0 Å². The van der Waals surface area contributed by atoms with E-state index in [-0.39, 0.29) is 33.6 Å². The van der Waals surface area contributed by atoms with Crippen molar-refractivity contribution in [3.63, 3.8) is 0 Å². The van der Waals surface area contributed by atoms with E-state index in [4.69, 9.17) is 4.42 Å². The second kappa shape index (κ2) is 6.84. The zero-order valence-electron chi connectivity index (χ0n) is 15.1. The second-order valence-corrected chi connectivity index (χ2v) is 6.38. The highest BCUT2D eigenvalue weighted by Crippen LogP contribution is 2.54. The number of nitro groups is 4. The van der Waals surface area contributed by atoms with Crippen LogP contribution in [0.2, 0.25) is 0 Å². The Morgan fingerprint density at radius 2 is 1.19 bits per heavy atom. The van der Waals surface area contributed by atoms with Crippen molar-refractivity contribution in [3.8, 4) is 11.1 Å². The van der Waals surface area contributed by atoms with Crippen LogP contribution in [0.4, 0.5) is 22.7 Å². The summed E-state index contributed by atoms with van der Waals surface area (Å²) in [6.45, 7) is 0. The predicted molar refractivity (Wildman–Crippen MR) is 104 cm³/mol. The molecule has 0 saturated heterocycles. The molecule has 13 heteroatoms. The van der Waals surface area contributed by atoms with Gasteiger partial charge in [0.05, 0.1) is 49.2 Å². The summed E-state index contributed by atoms with van der Waals surface area (Å²) in [5, 5.41) is 46.1. The number of fused-ring (bicyclic) bond motifs is 3. The first-order valence-electron chi connectivity index (χ1n) is 8.39. The lowest BCUT2D eigenvalue weighted by molar-refractivity contribution is -0.395. The van der Waals surface area contributed by atoms with Crippen LogP contribution in [0, 0.1) is 40.5 Å². The fourth-order valence-electron chi connectivity index (χ4n) is 3.49. The van der Waals surface area contributed by atoms with Crippen LogP contribution in [0.3, 0.4) is 0 Å². The molecule has 0 saturated carbocycles. The number of non-ortho nitro benzene ring substituents is 2. The van der Waals surface area contributed by atoms with Gasteiger partial charge in [-0.2, -0.15) is 0 Å². The maximum absolute atomic E-state index is 11.7. The molecule has 0 radical (unpaired) electrons. The third kappa shape index (κ3) is 3.05. The lowest BCUT2D eigenvalue weighted by Gasteiger charge is -2.04. The van der Waals surface area contributed by atoms with Crippen molar-refractivity contribution in [1.29, 1.82) is 0 Å². The SMILES string of the molecule is O=[N+]([O-])c1cc2c(c([N+](=O)[O-])c1)-c1c(cc([N+](=O)[O-])cc1[N+](=O)[O-])C2=Cc1ccco1. The average molecular weight is 424 g/mol. The van der Waals surface area contributed by atoms with Crippen molar-refractivity contribution < 1.29 is 24.1 Å². The fourth-order valence-corrected chi connectivity index (χ4v) is 3.49. The largest absolute Gasteiger partial charge is 0.465 e. The summed E-state index contributed by atoms with van der Waals surface area (Å²) >= 11 is 0. The number of rotatable bonds is 5. The minimum absolute atomic E-state index is 0.0455. The van der Waals surface area contributed by atoms with Gasteiger partial charge >= 0.3 is 0 Å². The highest BCUT2D eigenvalue weighted by atomic mass is 16.6. The fraction of sp³-hybridized carbons (Fsp3) is 0. The second-order valence-electron chi connectivity index (χ2n) is 6.38. The number of hydrogen-bond donors (Lipinski definition) is 0. The normalized spacial score (nSPS) is 11.5. The van der Waals surface area contributed by atoms with Gasteiger partial charge < -0.3 is 4.42 Å². The summed E-state index contributed by atoms with van der Waals surface area (Å²) in [4.78, 5) is 42.6. The van der Waals surface area contributed by atoms with Crippen LogP contribution in [0.5, 0.6) is 0 Å². The summed E-state index contributed by atoms with van der Waals surface area (Å²) in [7, 11) is 0. The Hall–Kier alpha value is -4.94. The van der Waals surface area contributed by atoms with Crippen LogP contribution in [-0.2, 0) is 0 Å². The number of nitro benzene ring substituents is 4. The topological polar surface area (TPSA) is 186 Å². The third-order valence-electron chi connectivity index (χ3n) is 4.68. The first-order valence-corrected chi connectivity index (χ1v) is 8.39. The Morgan fingerprint density at radius 1 is 0.710 bits per heavy atom. The highest BCUT2D eigenvalue weighted by Gasteiger charge is 2.40. The monoisotopic (exact) mass is 424 g/mol. The molecule has 154 valence electrons. The molecule has 1 heterocycles. The van der Waals surface area contributed by atoms with Crippen molar-refractivity contribution >= 4 is 34.4 Å². The van der Waals surface area contributed by atoms with E-state index in [1.807, 2.05) is 0 Å². The van der Waals surface area contributed by atoms with Crippen LogP contribution in [0.25, 0.3) is 22.8 Å². The molecule has 2 aromatic carbocycles. The van der Waals surface area contributed by atoms with Gasteiger partial charge in [-0.15, -0.1) is 0 Å². The summed E-state index contributed by atoms with van der Waals surface area (Å²) in [6.07, 6.45) is 2.68. The van der Waals surface area contributed by atoms with Crippen LogP contribution < -0.4 is 0 Å². The molecule has 1 aromatic heterocycles. The van der Waals surface area contributed by atoms with E-state index in [1.165, 1.54) is 24.5 Å². The minimum atomic E-state index is -0.892. The smallest absolute Gasteiger partial charge is 0.284 e. The first-order chi connectivity index (χ1) is 14.7. The van der Waals surface area contributed by atoms with Crippen LogP contribution in [0.1, 0.15) is 16.9 Å². The molecule has 0 N–H and O–H groups in total. The van der Waals surface area contributed by atoms with Gasteiger partial charge in [0.15, 0.2) is 0 Å². The first kappa shape index (κ1) is 19.4. The molecule has 0 aliphatic heterocycles. The minimum Gasteiger partial charge on any atom is -0.465 e. The van der Waals surface area contributed by atoms with Crippen LogP contribution in [0.15, 0.2) is 47.1 Å². The van der Waals surface area contributed by atoms with Gasteiger partial charge in [0.2, 0.25) is 0 Å². The lowest BCUT2D eigenvalue weighted by Crippen LogP contribution is -1.99. The molecule has 0 amide bonds. The quantitative estimate of drug-likeness (QED) is 0.329. The van der Waals surface area contributed by atoms with E-state index in [1.54, 1.807) is 0 Å². The third-order valence-corrected chi connectivity index (χ3v) is 4.68. The average Bonchev–Trinajstić information content (AvgIpc) is 3.33. The van der Waals surface area contributed by atoms with Gasteiger partial charge in [-0.3, -0.25) is 40.5 Å². The number of nitrogens with zero attached hydrogens (tertiary/aromatic N) is 4. The summed E-state index contributed by atoms with van der Waals surface area (Å²) < 4.78 is 5.22. The molecule has 4 rings (SSSR count). The Bertz CT molecular complexity index is 1260. The molecule has 0 atom stereocenters. The summed E-state index contributed by atoms with van der Waals surface area (Å²) in [5.74, 6) is 0.233. The van der Waals surface area contributed by atoms with Gasteiger partial charge in [-0.05, 0) is 23.8 Å². The van der Waals surface area contributed by atoms with Gasteiger partial charge in [-0.1, -0.05) is 0 Å². The number of hydrogen-bond acceptors (Lipinski definition) is 9. The van der Waals surface area contributed by atoms with Gasteiger partial charge in [0.25, 0.3) is 22.7 Å². The highest BCUT2D eigenvalue weighted by molar-refractivity contribution is 6.11. The molecule has 1 aliphatic carbocycles. The van der Waals surface area contributed by atoms with Gasteiger partial charge in [-0.25, -0.2) is 0 Å². The van der Waals surface area contributed by atoms with E-state index in [0.29, 0.717) is 12.1 Å². The maximum atomic E-state index is 11.7. The number of benzene rings is 2. The Morgan fingerprint density at radius 3 is 1.55 bits per heavy atom. The summed E-state index contributed by atoms with van der Waals surface area (Å²) in [5.41, 5.74) is -3.16. The molecular weight excluding hydrogens is 416 g/mol. The molecule has 0 unspecified atom stereocenters. The molecular formula is C18H8N4O9. The van der Waals surface area contributed by atoms with Gasteiger partial charge in [0, 0.05) is 23.3 Å². The number of furan rings is 1. The van der Waals surface area contributed by atoms with E-state index in [9.17, 15) is 40.5 Å². The van der Waals surface area contributed by atoms with E-state index >= 15 is 0 Å². The van der Waals surface area contributed by atoms with Crippen molar-refractivity contribution in [2.45, 2.75) is 0 Å². The molecule has 3 aromatic rings. The molecule has 13 nitrogen and oxygen atoms in total. The Labute approximate surface area is 170 Å². The molecule has 0 fully saturated rings. The standard InChI is InChI=1S/C18H8N4O9/c23-19(24)9-4-13-12(8-11-2-1-3-31-11)14-5-10(20(25)26)7-16(22(29)30)18(14)17(13)15(6-9)21(27)28/h1-8H. The maximum Gasteiger partial charge on any atom is 0.284 e. The zero-order chi connectivity index (χ0) is 22.4. The lowest BCUT2D eigenvalue weighted by atomic mass is 10.0. The van der Waals surface area contributed by atoms with Crippen molar-refractivity contribution in [3.05, 3.63) is 100 Å². The molecule has 0 spiro atoms. The van der Waals surface area contributed by atoms with Crippen molar-refractivity contribution in [1.82, 2.24) is 0 Å². The molecule has 0 bridgehead atoms. The molecule has 1 aliphatic rings. The van der Waals surface area contributed by atoms with Crippen molar-refractivity contribution in [2.24, 2.45) is 0 Å². The Balaban J connectivity index is 2.20. The van der Waals surface area contributed by atoms with Crippen LogP contribution >= 0.6 is 0 Å². The van der Waals surface area contributed by atoms with Crippen molar-refractivity contribution in [2.75, 3.05) is 0 Å². The predicted octanol–water partition coefficient (Wildman–Crippen LogP) is 4.48. The summed E-state index contributed by atoms with van der Waals surface area (Å²) in [6, 6.07) is 6.52. The Kier molecular flexibility index (Phi) is 4.27. The van der Waals surface area contributed by atoms with Crippen LogP contribution in [-0.4, -0.2) is 19.7 Å². The molecule has 31 heavy (non-hydrogen) atoms. The van der Waals surface area contributed by atoms with Gasteiger partial charge in [0.1, 0.15) is 5.76 Å². The van der Waals surface area contributed by atoms with E-state index in [0.717, 1.165) is 12.1 Å². The zero-order valence-corrected chi connectivity index (χ0v) is 15.1. The van der Waals surface area contributed by atoms with E-state index < -0.39 is 42.4 Å².